The molecule has 0 aliphatic carbocycles. The highest BCUT2D eigenvalue weighted by molar-refractivity contribution is 5.39. The van der Waals surface area contributed by atoms with E-state index in [1.807, 2.05) is 49.4 Å². The molecule has 0 radical (unpaired) electrons. The van der Waals surface area contributed by atoms with E-state index in [1.165, 1.54) is 0 Å². The van der Waals surface area contributed by atoms with Crippen molar-refractivity contribution in [2.24, 2.45) is 0 Å². The van der Waals surface area contributed by atoms with Gasteiger partial charge in [-0.25, -0.2) is 0 Å². The lowest BCUT2D eigenvalue weighted by molar-refractivity contribution is 0.275. The third-order valence-electron chi connectivity index (χ3n) is 2.72. The predicted molar refractivity (Wildman–Crippen MR) is 79.0 cm³/mol. The quantitative estimate of drug-likeness (QED) is 0.750. The Balaban J connectivity index is 1.71. The Hall–Kier alpha value is -2.07. The second-order valence-electron chi connectivity index (χ2n) is 4.23. The average molecular weight is 272 g/mol. The van der Waals surface area contributed by atoms with Gasteiger partial charge < -0.3 is 14.8 Å². The first-order chi connectivity index (χ1) is 9.90. The van der Waals surface area contributed by atoms with Gasteiger partial charge in [-0.1, -0.05) is 18.2 Å². The molecule has 0 atom stereocenters. The van der Waals surface area contributed by atoms with Crippen LogP contribution in [0.1, 0.15) is 12.6 Å². The maximum Gasteiger partial charge on any atom is 0.161 e. The summed E-state index contributed by atoms with van der Waals surface area (Å²) in [6, 6.07) is 13.6. The minimum Gasteiger partial charge on any atom is -0.490 e. The summed E-state index contributed by atoms with van der Waals surface area (Å²) in [7, 11) is 0. The number of nitrogens with zero attached hydrogens (tertiary/aromatic N) is 1. The first-order valence-corrected chi connectivity index (χ1v) is 6.85. The van der Waals surface area contributed by atoms with Gasteiger partial charge in [-0.2, -0.15) is 0 Å². The van der Waals surface area contributed by atoms with Gasteiger partial charge >= 0.3 is 0 Å². The van der Waals surface area contributed by atoms with Gasteiger partial charge in [0, 0.05) is 19.3 Å². The highest BCUT2D eigenvalue weighted by atomic mass is 16.5. The zero-order chi connectivity index (χ0) is 14.0. The van der Waals surface area contributed by atoms with Gasteiger partial charge in [0.15, 0.2) is 11.5 Å². The van der Waals surface area contributed by atoms with Crippen LogP contribution in [0, 0.1) is 0 Å². The van der Waals surface area contributed by atoms with Gasteiger partial charge in [-0.05, 0) is 31.2 Å². The first kappa shape index (κ1) is 14.3. The maximum atomic E-state index is 5.72. The zero-order valence-corrected chi connectivity index (χ0v) is 11.7. The first-order valence-electron chi connectivity index (χ1n) is 6.85. The summed E-state index contributed by atoms with van der Waals surface area (Å²) in [6.07, 6.45) is 1.80. The van der Waals surface area contributed by atoms with Crippen molar-refractivity contribution in [2.75, 3.05) is 19.8 Å². The molecule has 2 rings (SSSR count). The zero-order valence-electron chi connectivity index (χ0n) is 11.7. The van der Waals surface area contributed by atoms with Gasteiger partial charge in [0.2, 0.25) is 0 Å². The number of benzene rings is 1. The molecule has 106 valence electrons. The molecule has 1 N–H and O–H groups in total. The van der Waals surface area contributed by atoms with Gasteiger partial charge in [-0.3, -0.25) is 4.98 Å². The minimum absolute atomic E-state index is 0.594. The van der Waals surface area contributed by atoms with Crippen molar-refractivity contribution in [3.05, 3.63) is 54.4 Å². The third-order valence-corrected chi connectivity index (χ3v) is 2.72. The molecule has 0 saturated carbocycles. The lowest BCUT2D eigenvalue weighted by Crippen LogP contribution is -2.21. The number of hydrogen-bond acceptors (Lipinski definition) is 4. The summed E-state index contributed by atoms with van der Waals surface area (Å²) in [5.41, 5.74) is 1.03. The smallest absolute Gasteiger partial charge is 0.161 e. The molecule has 0 spiro atoms. The monoisotopic (exact) mass is 272 g/mol. The number of rotatable bonds is 8. The van der Waals surface area contributed by atoms with Crippen molar-refractivity contribution in [2.45, 2.75) is 13.5 Å². The largest absolute Gasteiger partial charge is 0.490 e. The van der Waals surface area contributed by atoms with E-state index >= 15 is 0 Å². The van der Waals surface area contributed by atoms with E-state index in [-0.39, 0.29) is 0 Å². The Bertz CT molecular complexity index is 503. The molecule has 1 aromatic carbocycles. The van der Waals surface area contributed by atoms with E-state index in [9.17, 15) is 0 Å². The highest BCUT2D eigenvalue weighted by Crippen LogP contribution is 2.25. The van der Waals surface area contributed by atoms with Crippen molar-refractivity contribution in [1.82, 2.24) is 10.3 Å². The van der Waals surface area contributed by atoms with Crippen molar-refractivity contribution >= 4 is 0 Å². The normalized spacial score (nSPS) is 10.2. The summed E-state index contributed by atoms with van der Waals surface area (Å²) < 4.78 is 11.2. The van der Waals surface area contributed by atoms with E-state index in [0.717, 1.165) is 30.3 Å². The Morgan fingerprint density at radius 1 is 1.00 bits per heavy atom. The standard InChI is InChI=1S/C16H20N2O2/c1-2-19-15-8-3-4-9-16(15)20-12-11-17-13-14-7-5-6-10-18-14/h3-10,17H,2,11-13H2,1H3. The van der Waals surface area contributed by atoms with Gasteiger partial charge in [-0.15, -0.1) is 0 Å². The molecule has 1 heterocycles. The number of ether oxygens (including phenoxy) is 2. The molecule has 4 nitrogen and oxygen atoms in total. The molecule has 0 unspecified atom stereocenters. The maximum absolute atomic E-state index is 5.72. The summed E-state index contributed by atoms with van der Waals surface area (Å²) in [6.45, 7) is 4.70. The molecule has 2 aromatic rings. The molecule has 0 amide bonds. The molecule has 0 aliphatic heterocycles. The van der Waals surface area contributed by atoms with Crippen LogP contribution in [-0.2, 0) is 6.54 Å². The lowest BCUT2D eigenvalue weighted by Gasteiger charge is -2.11. The molecule has 0 saturated heterocycles. The number of pyridine rings is 1. The number of para-hydroxylation sites is 2. The van der Waals surface area contributed by atoms with E-state index < -0.39 is 0 Å². The SMILES string of the molecule is CCOc1ccccc1OCCNCc1ccccn1. The van der Waals surface area contributed by atoms with Crippen LogP contribution in [0.15, 0.2) is 48.7 Å². The number of nitrogens with one attached hydrogen (secondary N) is 1. The molecular formula is C16H20N2O2. The molecular weight excluding hydrogens is 252 g/mol. The third kappa shape index (κ3) is 4.55. The fourth-order valence-electron chi connectivity index (χ4n) is 1.80. The van der Waals surface area contributed by atoms with Crippen molar-refractivity contribution in [3.8, 4) is 11.5 Å². The van der Waals surface area contributed by atoms with Crippen LogP contribution in [0.5, 0.6) is 11.5 Å². The van der Waals surface area contributed by atoms with E-state index in [4.69, 9.17) is 9.47 Å². The van der Waals surface area contributed by atoms with Gasteiger partial charge in [0.05, 0.1) is 12.3 Å². The van der Waals surface area contributed by atoms with Crippen LogP contribution in [0.4, 0.5) is 0 Å². The fourth-order valence-corrected chi connectivity index (χ4v) is 1.80. The van der Waals surface area contributed by atoms with E-state index in [2.05, 4.69) is 10.3 Å². The second kappa shape index (κ2) is 8.17. The summed E-state index contributed by atoms with van der Waals surface area (Å²) in [5, 5.41) is 3.30. The minimum atomic E-state index is 0.594. The molecule has 0 aliphatic rings. The predicted octanol–water partition coefficient (Wildman–Crippen LogP) is 2.65. The fraction of sp³-hybridized carbons (Fsp3) is 0.312. The summed E-state index contributed by atoms with van der Waals surface area (Å²) in [4.78, 5) is 4.25. The summed E-state index contributed by atoms with van der Waals surface area (Å²) >= 11 is 0. The van der Waals surface area contributed by atoms with Crippen LogP contribution in [0.25, 0.3) is 0 Å². The second-order valence-corrected chi connectivity index (χ2v) is 4.23. The van der Waals surface area contributed by atoms with Crippen molar-refractivity contribution in [3.63, 3.8) is 0 Å². The molecule has 20 heavy (non-hydrogen) atoms. The topological polar surface area (TPSA) is 43.4 Å². The molecule has 0 fully saturated rings. The average Bonchev–Trinajstić information content (AvgIpc) is 2.50. The molecule has 0 bridgehead atoms. The van der Waals surface area contributed by atoms with E-state index in [1.54, 1.807) is 6.20 Å². The van der Waals surface area contributed by atoms with Crippen LogP contribution >= 0.6 is 0 Å². The number of aromatic nitrogens is 1. The Labute approximate surface area is 119 Å². The number of hydrogen-bond donors (Lipinski definition) is 1. The highest BCUT2D eigenvalue weighted by Gasteiger charge is 2.02. The van der Waals surface area contributed by atoms with E-state index in [0.29, 0.717) is 13.2 Å². The van der Waals surface area contributed by atoms with Crippen molar-refractivity contribution < 1.29 is 9.47 Å². The van der Waals surface area contributed by atoms with Crippen LogP contribution in [-0.4, -0.2) is 24.7 Å². The lowest BCUT2D eigenvalue weighted by atomic mass is 10.3. The van der Waals surface area contributed by atoms with Crippen LogP contribution in [0.2, 0.25) is 0 Å². The molecule has 1 aromatic heterocycles. The Kier molecular flexibility index (Phi) is 5.86. The van der Waals surface area contributed by atoms with Crippen LogP contribution < -0.4 is 14.8 Å². The van der Waals surface area contributed by atoms with Gasteiger partial charge in [0.1, 0.15) is 6.61 Å². The van der Waals surface area contributed by atoms with Crippen molar-refractivity contribution in [1.29, 1.82) is 0 Å². The van der Waals surface area contributed by atoms with Crippen LogP contribution in [0.3, 0.4) is 0 Å². The summed E-state index contributed by atoms with van der Waals surface area (Å²) in [5.74, 6) is 1.58. The Morgan fingerprint density at radius 3 is 2.45 bits per heavy atom. The van der Waals surface area contributed by atoms with Gasteiger partial charge in [0.25, 0.3) is 0 Å². The molecule has 4 heteroatoms. The Morgan fingerprint density at radius 2 is 1.75 bits per heavy atom.